The summed E-state index contributed by atoms with van der Waals surface area (Å²) in [6.45, 7) is 4.46. The minimum absolute atomic E-state index is 0.356. The number of benzene rings is 2. The quantitative estimate of drug-likeness (QED) is 0.561. The molecule has 0 spiro atoms. The monoisotopic (exact) mass is 314 g/mol. The number of allylic oxidation sites excluding steroid dienone is 2. The van der Waals surface area contributed by atoms with Gasteiger partial charge in [-0.15, -0.1) is 0 Å². The fourth-order valence-corrected chi connectivity index (χ4v) is 4.70. The van der Waals surface area contributed by atoms with E-state index in [1.165, 1.54) is 38.8 Å². The van der Waals surface area contributed by atoms with E-state index in [-0.39, 0.29) is 0 Å². The molecule has 2 N–H and O–H groups in total. The van der Waals surface area contributed by atoms with Gasteiger partial charge >= 0.3 is 0 Å². The van der Waals surface area contributed by atoms with Gasteiger partial charge in [-0.1, -0.05) is 42.5 Å². The Morgan fingerprint density at radius 3 is 2.75 bits per heavy atom. The minimum Gasteiger partial charge on any atom is -0.377 e. The van der Waals surface area contributed by atoms with E-state index in [1.54, 1.807) is 0 Å². The first-order valence-corrected chi connectivity index (χ1v) is 8.83. The molecule has 120 valence electrons. The maximum Gasteiger partial charge on any atom is 0.0575 e. The predicted octanol–water partition coefficient (Wildman–Crippen LogP) is 5.61. The van der Waals surface area contributed by atoms with Gasteiger partial charge < -0.3 is 10.3 Å². The molecule has 2 aromatic carbocycles. The Morgan fingerprint density at radius 2 is 1.83 bits per heavy atom. The van der Waals surface area contributed by atoms with Crippen LogP contribution < -0.4 is 5.32 Å². The van der Waals surface area contributed by atoms with Crippen molar-refractivity contribution in [1.29, 1.82) is 0 Å². The van der Waals surface area contributed by atoms with Crippen LogP contribution in [-0.2, 0) is 0 Å². The zero-order valence-electron chi connectivity index (χ0n) is 14.1. The Hall–Kier alpha value is -2.48. The first-order valence-electron chi connectivity index (χ1n) is 8.83. The van der Waals surface area contributed by atoms with Crippen LogP contribution in [0.1, 0.15) is 40.6 Å². The molecule has 0 fully saturated rings. The van der Waals surface area contributed by atoms with Crippen LogP contribution in [0.25, 0.3) is 10.9 Å². The Balaban J connectivity index is 1.70. The van der Waals surface area contributed by atoms with Crippen molar-refractivity contribution in [2.24, 2.45) is 5.92 Å². The average molecular weight is 314 g/mol. The number of fused-ring (bicyclic) bond motifs is 4. The molecule has 3 atom stereocenters. The molecular formula is C22H22N2. The second-order valence-electron chi connectivity index (χ2n) is 7.25. The second kappa shape index (κ2) is 5.01. The molecule has 0 amide bonds. The van der Waals surface area contributed by atoms with Crippen LogP contribution in [0.5, 0.6) is 0 Å². The summed E-state index contributed by atoms with van der Waals surface area (Å²) in [7, 11) is 0. The Kier molecular flexibility index (Phi) is 2.90. The van der Waals surface area contributed by atoms with Crippen molar-refractivity contribution in [3.05, 3.63) is 77.0 Å². The van der Waals surface area contributed by atoms with Crippen LogP contribution in [0.15, 0.2) is 54.7 Å². The molecule has 3 aromatic rings. The fraction of sp³-hybridized carbons (Fsp3) is 0.273. The number of aryl methyl sites for hydroxylation is 2. The maximum absolute atomic E-state index is 3.91. The zero-order valence-corrected chi connectivity index (χ0v) is 14.1. The van der Waals surface area contributed by atoms with Crippen LogP contribution in [-0.4, -0.2) is 4.98 Å². The van der Waals surface area contributed by atoms with Crippen LogP contribution in [0.2, 0.25) is 0 Å². The van der Waals surface area contributed by atoms with Gasteiger partial charge in [0.1, 0.15) is 0 Å². The van der Waals surface area contributed by atoms with Gasteiger partial charge in [-0.05, 0) is 54.5 Å². The Labute approximate surface area is 142 Å². The number of nitrogens with one attached hydrogen (secondary N) is 2. The molecule has 24 heavy (non-hydrogen) atoms. The lowest BCUT2D eigenvalue weighted by Gasteiger charge is -2.39. The molecule has 3 unspecified atom stereocenters. The number of hydrogen-bond donors (Lipinski definition) is 2. The third kappa shape index (κ3) is 1.83. The van der Waals surface area contributed by atoms with E-state index in [0.717, 1.165) is 6.42 Å². The molecule has 2 nitrogen and oxygen atoms in total. The highest BCUT2D eigenvalue weighted by atomic mass is 15.0. The van der Waals surface area contributed by atoms with Gasteiger partial charge in [0.15, 0.2) is 0 Å². The normalized spacial score (nSPS) is 24.7. The number of para-hydroxylation sites is 1. The van der Waals surface area contributed by atoms with E-state index in [0.29, 0.717) is 17.9 Å². The highest BCUT2D eigenvalue weighted by Crippen LogP contribution is 2.52. The van der Waals surface area contributed by atoms with E-state index < -0.39 is 0 Å². The highest BCUT2D eigenvalue weighted by Gasteiger charge is 2.39. The summed E-state index contributed by atoms with van der Waals surface area (Å²) >= 11 is 0. The summed E-state index contributed by atoms with van der Waals surface area (Å²) in [5.41, 5.74) is 8.23. The molecular weight excluding hydrogens is 292 g/mol. The van der Waals surface area contributed by atoms with E-state index in [2.05, 4.69) is 78.9 Å². The number of rotatable bonds is 1. The number of anilines is 1. The number of aromatic nitrogens is 1. The molecule has 1 aliphatic carbocycles. The molecule has 0 saturated carbocycles. The van der Waals surface area contributed by atoms with Crippen LogP contribution in [0.3, 0.4) is 0 Å². The van der Waals surface area contributed by atoms with Gasteiger partial charge in [0.2, 0.25) is 0 Å². The van der Waals surface area contributed by atoms with Gasteiger partial charge in [-0.2, -0.15) is 0 Å². The summed E-state index contributed by atoms with van der Waals surface area (Å²) in [6, 6.07) is 13.5. The smallest absolute Gasteiger partial charge is 0.0575 e. The fourth-order valence-electron chi connectivity index (χ4n) is 4.70. The van der Waals surface area contributed by atoms with Crippen LogP contribution in [0, 0.1) is 19.8 Å². The maximum atomic E-state index is 3.91. The van der Waals surface area contributed by atoms with E-state index >= 15 is 0 Å². The number of aromatic amines is 1. The van der Waals surface area contributed by atoms with Crippen molar-refractivity contribution >= 4 is 16.6 Å². The summed E-state index contributed by atoms with van der Waals surface area (Å²) in [6.07, 6.45) is 8.15. The molecule has 2 aliphatic rings. The lowest BCUT2D eigenvalue weighted by atomic mass is 9.75. The van der Waals surface area contributed by atoms with E-state index in [9.17, 15) is 0 Å². The molecule has 0 saturated heterocycles. The van der Waals surface area contributed by atoms with Crippen molar-refractivity contribution in [3.63, 3.8) is 0 Å². The molecule has 2 heterocycles. The third-order valence-electron chi connectivity index (χ3n) is 5.90. The van der Waals surface area contributed by atoms with Crippen molar-refractivity contribution in [2.75, 3.05) is 5.32 Å². The summed E-state index contributed by atoms with van der Waals surface area (Å²) in [5, 5.41) is 5.25. The predicted molar refractivity (Wildman–Crippen MR) is 101 cm³/mol. The van der Waals surface area contributed by atoms with Gasteiger partial charge in [0, 0.05) is 28.7 Å². The van der Waals surface area contributed by atoms with Crippen LogP contribution in [0.4, 0.5) is 5.69 Å². The first-order chi connectivity index (χ1) is 11.7. The average Bonchev–Trinajstić information content (AvgIpc) is 3.24. The van der Waals surface area contributed by atoms with E-state index in [4.69, 9.17) is 0 Å². The largest absolute Gasteiger partial charge is 0.377 e. The lowest BCUT2D eigenvalue weighted by molar-refractivity contribution is 0.426. The van der Waals surface area contributed by atoms with E-state index in [1.807, 2.05) is 0 Å². The second-order valence-corrected chi connectivity index (χ2v) is 7.25. The topological polar surface area (TPSA) is 27.8 Å². The van der Waals surface area contributed by atoms with Gasteiger partial charge in [0.05, 0.1) is 6.04 Å². The molecule has 2 heteroatoms. The van der Waals surface area contributed by atoms with Gasteiger partial charge in [-0.3, -0.25) is 0 Å². The number of hydrogen-bond acceptors (Lipinski definition) is 1. The summed E-state index contributed by atoms with van der Waals surface area (Å²) in [5.74, 6) is 1.12. The SMILES string of the molecule is Cc1ccc(C)c2c1NC(c1c[nH]c3ccccc13)C1CC=CC21. The van der Waals surface area contributed by atoms with Crippen molar-refractivity contribution < 1.29 is 0 Å². The Morgan fingerprint density at radius 1 is 1.00 bits per heavy atom. The highest BCUT2D eigenvalue weighted by molar-refractivity contribution is 5.84. The van der Waals surface area contributed by atoms with Gasteiger partial charge in [0.25, 0.3) is 0 Å². The standard InChI is InChI=1S/C22H22N2/c1-13-10-11-14(2)21-20(13)16-7-5-8-17(16)22(24-21)18-12-23-19-9-4-3-6-15(18)19/h3-7,9-12,16-17,22-24H,8H2,1-2H3. The minimum atomic E-state index is 0.356. The van der Waals surface area contributed by atoms with Crippen molar-refractivity contribution in [2.45, 2.75) is 32.2 Å². The molecule has 0 radical (unpaired) electrons. The molecule has 1 aliphatic heterocycles. The third-order valence-corrected chi connectivity index (χ3v) is 5.90. The first kappa shape index (κ1) is 13.9. The van der Waals surface area contributed by atoms with Crippen molar-refractivity contribution in [3.8, 4) is 0 Å². The number of H-pyrrole nitrogens is 1. The van der Waals surface area contributed by atoms with Crippen LogP contribution >= 0.6 is 0 Å². The molecule has 1 aromatic heterocycles. The molecule has 5 rings (SSSR count). The van der Waals surface area contributed by atoms with Gasteiger partial charge in [-0.25, -0.2) is 0 Å². The van der Waals surface area contributed by atoms with Crippen molar-refractivity contribution in [1.82, 2.24) is 4.98 Å². The zero-order chi connectivity index (χ0) is 16.3. The lowest BCUT2D eigenvalue weighted by Crippen LogP contribution is -2.30. The Bertz CT molecular complexity index is 963. The molecule has 0 bridgehead atoms. The summed E-state index contributed by atoms with van der Waals surface area (Å²) < 4.78 is 0. The summed E-state index contributed by atoms with van der Waals surface area (Å²) in [4.78, 5) is 3.45.